The van der Waals surface area contributed by atoms with E-state index in [9.17, 15) is 8.42 Å². The summed E-state index contributed by atoms with van der Waals surface area (Å²) in [5.41, 5.74) is 1.59. The van der Waals surface area contributed by atoms with Crippen LogP contribution in [0.1, 0.15) is 0 Å². The van der Waals surface area contributed by atoms with E-state index in [1.165, 1.54) is 0 Å². The number of para-hydroxylation sites is 1. The van der Waals surface area contributed by atoms with Crippen LogP contribution in [0.25, 0.3) is 10.8 Å². The Labute approximate surface area is 207 Å². The van der Waals surface area contributed by atoms with Crippen LogP contribution < -0.4 is 5.32 Å². The number of benzene rings is 5. The molecular formula is C28H22INO3S. The van der Waals surface area contributed by atoms with Crippen LogP contribution in [0.2, 0.25) is 0 Å². The molecule has 0 saturated heterocycles. The molecule has 0 aliphatic heterocycles. The van der Waals surface area contributed by atoms with Crippen molar-refractivity contribution in [2.24, 2.45) is 0 Å². The first kappa shape index (κ1) is 22.6. The van der Waals surface area contributed by atoms with Crippen molar-refractivity contribution in [3.05, 3.63) is 135 Å². The standard InChI is InChI=1S/C28H22INO3S/c31-34(32,33-29(23-14-4-1-5-15-23)24-16-6-2-7-17-24)27-21-11-13-22-12-10-20-26(28(22)27)30-25-18-8-3-9-19-25/h1-21,30H. The molecule has 0 aromatic heterocycles. The third-order valence-electron chi connectivity index (χ3n) is 5.20. The van der Waals surface area contributed by atoms with Crippen LogP contribution >= 0.6 is 20.2 Å². The molecule has 0 radical (unpaired) electrons. The van der Waals surface area contributed by atoms with Crippen molar-refractivity contribution in [1.29, 1.82) is 0 Å². The maximum atomic E-state index is 13.8. The minimum atomic E-state index is -4.07. The van der Waals surface area contributed by atoms with E-state index >= 15 is 0 Å². The Kier molecular flexibility index (Phi) is 6.62. The average molecular weight is 579 g/mol. The number of fused-ring (bicyclic) bond motifs is 1. The van der Waals surface area contributed by atoms with Crippen LogP contribution in [0.4, 0.5) is 11.4 Å². The minimum absolute atomic E-state index is 0.165. The van der Waals surface area contributed by atoms with Crippen molar-refractivity contribution in [1.82, 2.24) is 0 Å². The van der Waals surface area contributed by atoms with E-state index in [1.54, 1.807) is 12.1 Å². The molecule has 0 bridgehead atoms. The molecule has 5 rings (SSSR count). The van der Waals surface area contributed by atoms with Crippen molar-refractivity contribution in [2.45, 2.75) is 4.90 Å². The number of anilines is 2. The number of nitrogens with one attached hydrogen (secondary N) is 1. The van der Waals surface area contributed by atoms with Crippen LogP contribution in [0.15, 0.2) is 132 Å². The quantitative estimate of drug-likeness (QED) is 0.204. The molecule has 0 heterocycles. The second kappa shape index (κ2) is 9.97. The predicted molar refractivity (Wildman–Crippen MR) is 146 cm³/mol. The molecule has 0 aliphatic rings. The molecule has 6 heteroatoms. The number of hydrogen-bond acceptors (Lipinski definition) is 4. The Bertz CT molecular complexity index is 1460. The van der Waals surface area contributed by atoms with Crippen molar-refractivity contribution >= 4 is 52.5 Å². The van der Waals surface area contributed by atoms with Gasteiger partial charge in [-0.05, 0) is 0 Å². The molecule has 0 saturated carbocycles. The normalized spacial score (nSPS) is 11.8. The van der Waals surface area contributed by atoms with Gasteiger partial charge in [0.25, 0.3) is 0 Å². The van der Waals surface area contributed by atoms with Crippen LogP contribution in [0.5, 0.6) is 0 Å². The summed E-state index contributed by atoms with van der Waals surface area (Å²) in [6, 6.07) is 40.0. The van der Waals surface area contributed by atoms with Crippen molar-refractivity contribution < 1.29 is 10.9 Å². The molecule has 4 nitrogen and oxygen atoms in total. The molecule has 0 aliphatic carbocycles. The average Bonchev–Trinajstić information content (AvgIpc) is 2.89. The van der Waals surface area contributed by atoms with Crippen molar-refractivity contribution in [3.63, 3.8) is 0 Å². The summed E-state index contributed by atoms with van der Waals surface area (Å²) in [7, 11) is -4.07. The van der Waals surface area contributed by atoms with E-state index in [2.05, 4.69) is 5.32 Å². The van der Waals surface area contributed by atoms with Gasteiger partial charge in [0.05, 0.1) is 0 Å². The van der Waals surface area contributed by atoms with Crippen LogP contribution in [-0.4, -0.2) is 8.42 Å². The van der Waals surface area contributed by atoms with Gasteiger partial charge in [-0.25, -0.2) is 0 Å². The third-order valence-corrected chi connectivity index (χ3v) is 12.6. The van der Waals surface area contributed by atoms with E-state index in [1.807, 2.05) is 115 Å². The van der Waals surface area contributed by atoms with Gasteiger partial charge >= 0.3 is 208 Å². The number of rotatable bonds is 7. The molecule has 0 spiro atoms. The van der Waals surface area contributed by atoms with Crippen molar-refractivity contribution in [2.75, 3.05) is 5.32 Å². The van der Waals surface area contributed by atoms with Crippen molar-refractivity contribution in [3.8, 4) is 0 Å². The summed E-state index contributed by atoms with van der Waals surface area (Å²) in [6.45, 7) is 0. The van der Waals surface area contributed by atoms with Gasteiger partial charge in [0.2, 0.25) is 0 Å². The predicted octanol–water partition coefficient (Wildman–Crippen LogP) is 7.45. The molecule has 34 heavy (non-hydrogen) atoms. The maximum absolute atomic E-state index is 13.8. The Morgan fingerprint density at radius 2 is 1.12 bits per heavy atom. The van der Waals surface area contributed by atoms with Gasteiger partial charge in [0, 0.05) is 0 Å². The zero-order valence-corrected chi connectivity index (χ0v) is 21.1. The molecular weight excluding hydrogens is 557 g/mol. The zero-order valence-electron chi connectivity index (χ0n) is 18.1. The van der Waals surface area contributed by atoms with E-state index < -0.39 is 30.4 Å². The summed E-state index contributed by atoms with van der Waals surface area (Å²) < 4.78 is 35.5. The van der Waals surface area contributed by atoms with E-state index in [-0.39, 0.29) is 4.90 Å². The summed E-state index contributed by atoms with van der Waals surface area (Å²) >= 11 is -2.74. The summed E-state index contributed by atoms with van der Waals surface area (Å²) in [4.78, 5) is 0.165. The summed E-state index contributed by atoms with van der Waals surface area (Å²) in [5.74, 6) is 0. The van der Waals surface area contributed by atoms with Gasteiger partial charge in [0.15, 0.2) is 0 Å². The second-order valence-electron chi connectivity index (χ2n) is 7.51. The summed E-state index contributed by atoms with van der Waals surface area (Å²) in [6.07, 6.45) is 0. The monoisotopic (exact) mass is 579 g/mol. The number of halogens is 1. The van der Waals surface area contributed by atoms with Gasteiger partial charge in [-0.1, -0.05) is 0 Å². The first-order valence-corrected chi connectivity index (χ1v) is 15.2. The van der Waals surface area contributed by atoms with Crippen LogP contribution in [0, 0.1) is 7.14 Å². The van der Waals surface area contributed by atoms with Gasteiger partial charge in [0.1, 0.15) is 0 Å². The van der Waals surface area contributed by atoms with Crippen LogP contribution in [-0.2, 0) is 12.6 Å². The van der Waals surface area contributed by atoms with E-state index in [4.69, 9.17) is 2.51 Å². The molecule has 1 N–H and O–H groups in total. The van der Waals surface area contributed by atoms with Gasteiger partial charge < -0.3 is 0 Å². The topological polar surface area (TPSA) is 55.4 Å². The Balaban J connectivity index is 1.61. The van der Waals surface area contributed by atoms with Gasteiger partial charge in [-0.3, -0.25) is 0 Å². The fraction of sp³-hybridized carbons (Fsp3) is 0. The molecule has 0 fully saturated rings. The second-order valence-corrected chi connectivity index (χ2v) is 14.0. The molecule has 5 aromatic carbocycles. The van der Waals surface area contributed by atoms with Crippen LogP contribution in [0.3, 0.4) is 0 Å². The fourth-order valence-corrected chi connectivity index (χ4v) is 10.9. The van der Waals surface area contributed by atoms with E-state index in [0.717, 1.165) is 18.2 Å². The third kappa shape index (κ3) is 4.84. The Morgan fingerprint density at radius 3 is 1.71 bits per heavy atom. The van der Waals surface area contributed by atoms with Gasteiger partial charge in [-0.2, -0.15) is 0 Å². The summed E-state index contributed by atoms with van der Waals surface area (Å²) in [5, 5.41) is 4.81. The molecule has 0 unspecified atom stereocenters. The first-order valence-electron chi connectivity index (χ1n) is 10.7. The molecule has 170 valence electrons. The Morgan fingerprint density at radius 1 is 0.588 bits per heavy atom. The number of hydrogen-bond donors (Lipinski definition) is 1. The Hall–Kier alpha value is -3.20. The molecule has 0 atom stereocenters. The van der Waals surface area contributed by atoms with E-state index in [0.29, 0.717) is 11.1 Å². The fourth-order valence-electron chi connectivity index (χ4n) is 3.67. The first-order chi connectivity index (χ1) is 16.6. The SMILES string of the molecule is O=S(=O)(OI(c1ccccc1)c1ccccc1)c1cccc2cccc(Nc3ccccc3)c12. The molecule has 0 amide bonds. The zero-order chi connectivity index (χ0) is 23.4. The van der Waals surface area contributed by atoms with Gasteiger partial charge in [-0.15, -0.1) is 0 Å². The molecule has 5 aromatic rings.